The van der Waals surface area contributed by atoms with E-state index in [1.807, 2.05) is 12.1 Å². The number of aliphatic hydroxyl groups is 1. The molecule has 0 spiro atoms. The highest BCUT2D eigenvalue weighted by Gasteiger charge is 2.23. The van der Waals surface area contributed by atoms with Crippen molar-refractivity contribution in [1.29, 1.82) is 0 Å². The summed E-state index contributed by atoms with van der Waals surface area (Å²) in [4.78, 5) is 21.5. The van der Waals surface area contributed by atoms with E-state index in [0.29, 0.717) is 35.6 Å². The number of nitrogens with one attached hydrogen (secondary N) is 2. The first-order chi connectivity index (χ1) is 17.6. The minimum absolute atomic E-state index is 0.0551. The highest BCUT2D eigenvalue weighted by molar-refractivity contribution is 7.14. The van der Waals surface area contributed by atoms with Crippen LogP contribution in [0.3, 0.4) is 0 Å². The Bertz CT molecular complexity index is 1380. The molecule has 0 saturated heterocycles. The van der Waals surface area contributed by atoms with Gasteiger partial charge in [0.15, 0.2) is 5.82 Å². The maximum absolute atomic E-state index is 14.5. The SMILES string of the molecule is Cc1noc(COCCc2cccc(Nc3sccc3C(=O)Nc3c(F)cc(C(C)(C)O)cc3F)n2)n1. The third kappa shape index (κ3) is 6.73. The van der Waals surface area contributed by atoms with E-state index >= 15 is 0 Å². The molecule has 3 aromatic heterocycles. The number of carbonyl (C=O) groups is 1. The molecule has 3 N–H and O–H groups in total. The summed E-state index contributed by atoms with van der Waals surface area (Å²) >= 11 is 1.24. The van der Waals surface area contributed by atoms with Gasteiger partial charge in [0.1, 0.15) is 34.7 Å². The van der Waals surface area contributed by atoms with E-state index < -0.39 is 28.8 Å². The van der Waals surface area contributed by atoms with Gasteiger partial charge < -0.3 is 25.0 Å². The van der Waals surface area contributed by atoms with Gasteiger partial charge in [-0.25, -0.2) is 13.8 Å². The smallest absolute Gasteiger partial charge is 0.258 e. The van der Waals surface area contributed by atoms with Gasteiger partial charge in [0, 0.05) is 12.1 Å². The summed E-state index contributed by atoms with van der Waals surface area (Å²) in [6, 6.07) is 8.92. The van der Waals surface area contributed by atoms with E-state index in [0.717, 1.165) is 17.8 Å². The van der Waals surface area contributed by atoms with Crippen LogP contribution in [0.25, 0.3) is 0 Å². The average Bonchev–Trinajstić information content (AvgIpc) is 3.47. The number of ether oxygens (including phenoxy) is 1. The first-order valence-electron chi connectivity index (χ1n) is 11.3. The van der Waals surface area contributed by atoms with Gasteiger partial charge in [-0.3, -0.25) is 4.79 Å². The summed E-state index contributed by atoms with van der Waals surface area (Å²) in [6.45, 7) is 5.14. The maximum atomic E-state index is 14.5. The molecule has 194 valence electrons. The van der Waals surface area contributed by atoms with Crippen LogP contribution < -0.4 is 10.6 Å². The molecule has 0 aliphatic carbocycles. The molecule has 0 aliphatic rings. The molecule has 12 heteroatoms. The van der Waals surface area contributed by atoms with Crippen molar-refractivity contribution in [2.75, 3.05) is 17.2 Å². The van der Waals surface area contributed by atoms with Crippen LogP contribution in [-0.2, 0) is 23.4 Å². The fraction of sp³-hybridized carbons (Fsp3) is 0.280. The summed E-state index contributed by atoms with van der Waals surface area (Å²) in [5, 5.41) is 21.2. The third-order valence-corrected chi connectivity index (χ3v) is 6.07. The van der Waals surface area contributed by atoms with Crippen molar-refractivity contribution in [2.45, 2.75) is 39.4 Å². The number of aryl methyl sites for hydroxylation is 1. The Morgan fingerprint density at radius 3 is 2.62 bits per heavy atom. The van der Waals surface area contributed by atoms with Crippen molar-refractivity contribution in [3.8, 4) is 0 Å². The number of benzene rings is 1. The van der Waals surface area contributed by atoms with Gasteiger partial charge in [-0.2, -0.15) is 4.98 Å². The number of aromatic nitrogens is 3. The Balaban J connectivity index is 1.39. The van der Waals surface area contributed by atoms with Crippen LogP contribution in [0.1, 0.15) is 47.2 Å². The lowest BCUT2D eigenvalue weighted by atomic mass is 9.97. The van der Waals surface area contributed by atoms with Crippen LogP contribution in [0, 0.1) is 18.6 Å². The molecule has 0 atom stereocenters. The Hall–Kier alpha value is -3.74. The lowest BCUT2D eigenvalue weighted by Crippen LogP contribution is -2.19. The van der Waals surface area contributed by atoms with Crippen LogP contribution in [0.5, 0.6) is 0 Å². The predicted molar refractivity (Wildman–Crippen MR) is 134 cm³/mol. The average molecular weight is 530 g/mol. The van der Waals surface area contributed by atoms with E-state index in [-0.39, 0.29) is 17.7 Å². The molecule has 0 aliphatic heterocycles. The fourth-order valence-electron chi connectivity index (χ4n) is 3.35. The molecule has 0 fully saturated rings. The number of anilines is 3. The second-order valence-electron chi connectivity index (χ2n) is 8.67. The summed E-state index contributed by atoms with van der Waals surface area (Å²) in [5.74, 6) is -1.23. The zero-order valence-electron chi connectivity index (χ0n) is 20.3. The van der Waals surface area contributed by atoms with Crippen molar-refractivity contribution < 1.29 is 27.9 Å². The van der Waals surface area contributed by atoms with E-state index in [9.17, 15) is 18.7 Å². The first-order valence-corrected chi connectivity index (χ1v) is 12.2. The second kappa shape index (κ2) is 11.1. The molecule has 4 aromatic rings. The highest BCUT2D eigenvalue weighted by Crippen LogP contribution is 2.30. The fourth-order valence-corrected chi connectivity index (χ4v) is 4.14. The molecule has 37 heavy (non-hydrogen) atoms. The van der Waals surface area contributed by atoms with Crippen molar-refractivity contribution in [1.82, 2.24) is 15.1 Å². The minimum atomic E-state index is -1.43. The number of nitrogens with zero attached hydrogens (tertiary/aromatic N) is 3. The largest absolute Gasteiger partial charge is 0.386 e. The summed E-state index contributed by atoms with van der Waals surface area (Å²) < 4.78 is 39.6. The van der Waals surface area contributed by atoms with Crippen LogP contribution in [0.4, 0.5) is 25.3 Å². The zero-order chi connectivity index (χ0) is 26.6. The number of carbonyl (C=O) groups excluding carboxylic acids is 1. The van der Waals surface area contributed by atoms with Gasteiger partial charge in [0.25, 0.3) is 11.8 Å². The molecule has 1 aromatic carbocycles. The topological polar surface area (TPSA) is 122 Å². The van der Waals surface area contributed by atoms with Gasteiger partial charge in [-0.1, -0.05) is 11.2 Å². The summed E-state index contributed by atoms with van der Waals surface area (Å²) in [7, 11) is 0. The molecule has 0 bridgehead atoms. The number of halogens is 2. The Kier molecular flexibility index (Phi) is 7.91. The first kappa shape index (κ1) is 26.3. The molecule has 3 heterocycles. The van der Waals surface area contributed by atoms with Gasteiger partial charge in [0.05, 0.1) is 17.8 Å². The lowest BCUT2D eigenvalue weighted by Gasteiger charge is -2.19. The summed E-state index contributed by atoms with van der Waals surface area (Å²) in [5.41, 5.74) is -1.02. The third-order valence-electron chi connectivity index (χ3n) is 5.24. The Morgan fingerprint density at radius 2 is 1.95 bits per heavy atom. The number of hydrogen-bond acceptors (Lipinski definition) is 9. The van der Waals surface area contributed by atoms with Gasteiger partial charge in [-0.15, -0.1) is 11.3 Å². The Labute approximate surface area is 215 Å². The molecule has 0 radical (unpaired) electrons. The van der Waals surface area contributed by atoms with Crippen LogP contribution in [0.15, 0.2) is 46.3 Å². The highest BCUT2D eigenvalue weighted by atomic mass is 32.1. The standard InChI is InChI=1S/C25H25F2N5O4S/c1-14-28-21(36-32-14)13-35-9-7-16-5-4-6-20(29-16)30-24-17(8-10-37-24)23(33)31-22-18(26)11-15(12-19(22)27)25(2,3)34/h4-6,8,10-12,34H,7,9,13H2,1-3H3,(H,29,30)(H,31,33). The minimum Gasteiger partial charge on any atom is -0.386 e. The molecule has 4 rings (SSSR count). The van der Waals surface area contributed by atoms with Crippen LogP contribution in [-0.4, -0.2) is 32.7 Å². The van der Waals surface area contributed by atoms with E-state index in [2.05, 4.69) is 25.8 Å². The van der Waals surface area contributed by atoms with Gasteiger partial charge in [0.2, 0.25) is 0 Å². The lowest BCUT2D eigenvalue weighted by molar-refractivity contribution is 0.0779. The quantitative estimate of drug-likeness (QED) is 0.243. The van der Waals surface area contributed by atoms with E-state index in [1.165, 1.54) is 25.2 Å². The zero-order valence-corrected chi connectivity index (χ0v) is 21.2. The number of rotatable bonds is 10. The molecule has 0 saturated carbocycles. The van der Waals surface area contributed by atoms with Crippen molar-refractivity contribution in [3.63, 3.8) is 0 Å². The number of pyridine rings is 1. The van der Waals surface area contributed by atoms with Crippen molar-refractivity contribution >= 4 is 33.8 Å². The van der Waals surface area contributed by atoms with E-state index in [4.69, 9.17) is 9.26 Å². The van der Waals surface area contributed by atoms with Gasteiger partial charge >= 0.3 is 0 Å². The number of hydrogen-bond donors (Lipinski definition) is 3. The maximum Gasteiger partial charge on any atom is 0.258 e. The number of thiophene rings is 1. The Morgan fingerprint density at radius 1 is 1.19 bits per heavy atom. The summed E-state index contributed by atoms with van der Waals surface area (Å²) in [6.07, 6.45) is 0.527. The molecule has 0 unspecified atom stereocenters. The van der Waals surface area contributed by atoms with Gasteiger partial charge in [-0.05, 0) is 62.0 Å². The predicted octanol–water partition coefficient (Wildman–Crippen LogP) is 5.10. The van der Waals surface area contributed by atoms with Crippen molar-refractivity contribution in [2.24, 2.45) is 0 Å². The molecule has 1 amide bonds. The van der Waals surface area contributed by atoms with Crippen LogP contribution >= 0.6 is 11.3 Å². The molecule has 9 nitrogen and oxygen atoms in total. The number of amides is 1. The monoisotopic (exact) mass is 529 g/mol. The normalized spacial score (nSPS) is 11.5. The van der Waals surface area contributed by atoms with E-state index in [1.54, 1.807) is 24.4 Å². The van der Waals surface area contributed by atoms with Crippen LogP contribution in [0.2, 0.25) is 0 Å². The second-order valence-corrected chi connectivity index (χ2v) is 9.58. The molecular weight excluding hydrogens is 504 g/mol. The molecular formula is C25H25F2N5O4S. The van der Waals surface area contributed by atoms with Crippen molar-refractivity contribution in [3.05, 3.63) is 81.9 Å².